The molecule has 138 valence electrons. The number of nitrogen functional groups attached to an aromatic ring is 1. The van der Waals surface area contributed by atoms with Crippen LogP contribution in [0.4, 0.5) is 5.69 Å². The molecule has 1 saturated carbocycles. The van der Waals surface area contributed by atoms with Crippen LogP contribution in [0, 0.1) is 5.92 Å². The summed E-state index contributed by atoms with van der Waals surface area (Å²) < 4.78 is 11.7. The van der Waals surface area contributed by atoms with Gasteiger partial charge in [-0.05, 0) is 53.0 Å². The molecule has 0 amide bonds. The van der Waals surface area contributed by atoms with Gasteiger partial charge in [0, 0.05) is 17.7 Å². The van der Waals surface area contributed by atoms with Crippen LogP contribution >= 0.6 is 0 Å². The Morgan fingerprint density at radius 3 is 2.72 bits per heavy atom. The average molecular weight is 348 g/mol. The van der Waals surface area contributed by atoms with Crippen molar-refractivity contribution < 1.29 is 19.4 Å². The summed E-state index contributed by atoms with van der Waals surface area (Å²) in [5.41, 5.74) is 5.29. The summed E-state index contributed by atoms with van der Waals surface area (Å²) in [4.78, 5) is 16.4. The van der Waals surface area contributed by atoms with Crippen LogP contribution in [-0.2, 0) is 14.3 Å². The third-order valence-electron chi connectivity index (χ3n) is 5.36. The van der Waals surface area contributed by atoms with Crippen molar-refractivity contribution in [1.29, 1.82) is 0 Å². The Balaban J connectivity index is 1.83. The van der Waals surface area contributed by atoms with Crippen molar-refractivity contribution in [3.8, 4) is 0 Å². The van der Waals surface area contributed by atoms with E-state index in [2.05, 4.69) is 4.98 Å². The molecule has 0 bridgehead atoms. The number of rotatable bonds is 3. The zero-order valence-corrected chi connectivity index (χ0v) is 15.4. The number of carbonyl (C=O) groups is 1. The number of ether oxygens (including phenoxy) is 2. The number of aromatic nitrogens is 1. The first kappa shape index (κ1) is 18.1. The van der Waals surface area contributed by atoms with E-state index in [4.69, 9.17) is 15.2 Å². The number of pyridine rings is 1. The zero-order valence-electron chi connectivity index (χ0n) is 15.4. The van der Waals surface area contributed by atoms with Crippen LogP contribution in [0.3, 0.4) is 0 Å². The summed E-state index contributed by atoms with van der Waals surface area (Å²) in [5, 5.41) is 11.1. The number of nitrogens with two attached hydrogens (primary N) is 1. The number of nitrogens with zero attached hydrogens (tertiary/aromatic N) is 1. The van der Waals surface area contributed by atoms with Gasteiger partial charge in [0.2, 0.25) is 0 Å². The second-order valence-electron chi connectivity index (χ2n) is 8.48. The molecule has 6 heteroatoms. The van der Waals surface area contributed by atoms with Gasteiger partial charge < -0.3 is 20.3 Å². The van der Waals surface area contributed by atoms with E-state index in [0.29, 0.717) is 12.1 Å². The molecular weight excluding hydrogens is 320 g/mol. The Bertz CT molecular complexity index is 662. The van der Waals surface area contributed by atoms with Crippen LogP contribution in [0.25, 0.3) is 0 Å². The van der Waals surface area contributed by atoms with E-state index in [-0.39, 0.29) is 24.4 Å². The summed E-state index contributed by atoms with van der Waals surface area (Å²) in [7, 11) is 0. The van der Waals surface area contributed by atoms with Crippen molar-refractivity contribution in [3.63, 3.8) is 0 Å². The van der Waals surface area contributed by atoms with Crippen molar-refractivity contribution >= 4 is 11.7 Å². The Labute approximate surface area is 148 Å². The van der Waals surface area contributed by atoms with E-state index >= 15 is 0 Å². The number of aliphatic hydroxyl groups is 1. The van der Waals surface area contributed by atoms with Crippen LogP contribution in [0.2, 0.25) is 0 Å². The fourth-order valence-corrected chi connectivity index (χ4v) is 3.80. The van der Waals surface area contributed by atoms with Gasteiger partial charge in [-0.15, -0.1) is 0 Å². The SMILES string of the molecule is CC(C)(C)OC(=O)C[C@H]1C[C@@H](c2ccncc2N)OC2(CC2)[C@]1(C)O. The molecule has 0 aromatic carbocycles. The van der Waals surface area contributed by atoms with Gasteiger partial charge in [-0.25, -0.2) is 0 Å². The second kappa shape index (κ2) is 5.95. The van der Waals surface area contributed by atoms with Crippen LogP contribution in [0.1, 0.15) is 65.0 Å². The lowest BCUT2D eigenvalue weighted by atomic mass is 9.73. The van der Waals surface area contributed by atoms with E-state index in [1.54, 1.807) is 19.3 Å². The Kier molecular flexibility index (Phi) is 4.32. The van der Waals surface area contributed by atoms with Crippen molar-refractivity contribution in [3.05, 3.63) is 24.0 Å². The number of anilines is 1. The molecule has 1 aromatic heterocycles. The third kappa shape index (κ3) is 3.51. The molecule has 1 aromatic rings. The minimum absolute atomic E-state index is 0.164. The molecule has 6 nitrogen and oxygen atoms in total. The fourth-order valence-electron chi connectivity index (χ4n) is 3.80. The van der Waals surface area contributed by atoms with Crippen LogP contribution in [0.5, 0.6) is 0 Å². The molecule has 1 saturated heterocycles. The summed E-state index contributed by atoms with van der Waals surface area (Å²) in [6.45, 7) is 7.31. The molecule has 2 heterocycles. The standard InChI is InChI=1S/C19H28N2O4/c1-17(2,3)25-16(22)10-12-9-15(13-5-8-21-11-14(13)20)24-19(6-7-19)18(12,4)23/h5,8,11-12,15,23H,6-7,9-10,20H2,1-4H3/t12-,15+,18-/m1/s1. The molecule has 1 spiro atoms. The zero-order chi connectivity index (χ0) is 18.5. The number of carbonyl (C=O) groups excluding carboxylic acids is 1. The first-order chi connectivity index (χ1) is 11.5. The van der Waals surface area contributed by atoms with Gasteiger partial charge in [-0.3, -0.25) is 9.78 Å². The molecule has 3 N–H and O–H groups in total. The monoisotopic (exact) mass is 348 g/mol. The van der Waals surface area contributed by atoms with Crippen molar-refractivity contribution in [2.45, 2.75) is 76.3 Å². The minimum Gasteiger partial charge on any atom is -0.460 e. The maximum Gasteiger partial charge on any atom is 0.306 e. The smallest absolute Gasteiger partial charge is 0.306 e. The molecule has 25 heavy (non-hydrogen) atoms. The molecule has 2 fully saturated rings. The first-order valence-corrected chi connectivity index (χ1v) is 8.85. The van der Waals surface area contributed by atoms with Crippen LogP contribution in [-0.4, -0.2) is 32.9 Å². The summed E-state index contributed by atoms with van der Waals surface area (Å²) >= 11 is 0. The van der Waals surface area contributed by atoms with Gasteiger partial charge in [0.25, 0.3) is 0 Å². The highest BCUT2D eigenvalue weighted by molar-refractivity contribution is 5.70. The Hall–Kier alpha value is -1.66. The van der Waals surface area contributed by atoms with E-state index in [1.165, 1.54) is 0 Å². The van der Waals surface area contributed by atoms with Gasteiger partial charge in [-0.2, -0.15) is 0 Å². The topological polar surface area (TPSA) is 94.7 Å². The summed E-state index contributed by atoms with van der Waals surface area (Å²) in [5.74, 6) is -0.548. The molecule has 3 atom stereocenters. The lowest BCUT2D eigenvalue weighted by Crippen LogP contribution is -2.55. The van der Waals surface area contributed by atoms with E-state index < -0.39 is 16.8 Å². The van der Waals surface area contributed by atoms with Gasteiger partial charge in [0.15, 0.2) is 0 Å². The van der Waals surface area contributed by atoms with Crippen LogP contribution < -0.4 is 5.73 Å². The normalized spacial score (nSPS) is 30.9. The largest absolute Gasteiger partial charge is 0.460 e. The van der Waals surface area contributed by atoms with E-state index in [9.17, 15) is 9.90 Å². The first-order valence-electron chi connectivity index (χ1n) is 8.85. The fraction of sp³-hybridized carbons (Fsp3) is 0.684. The number of esters is 1. The highest BCUT2D eigenvalue weighted by Gasteiger charge is 2.64. The van der Waals surface area contributed by atoms with Gasteiger partial charge in [0.05, 0.1) is 35.6 Å². The summed E-state index contributed by atoms with van der Waals surface area (Å²) in [6.07, 6.45) is 5.29. The van der Waals surface area contributed by atoms with Crippen LogP contribution in [0.15, 0.2) is 18.5 Å². The van der Waals surface area contributed by atoms with Gasteiger partial charge in [-0.1, -0.05) is 0 Å². The van der Waals surface area contributed by atoms with Gasteiger partial charge >= 0.3 is 5.97 Å². The summed E-state index contributed by atoms with van der Waals surface area (Å²) in [6, 6.07) is 1.85. The third-order valence-corrected chi connectivity index (χ3v) is 5.36. The molecule has 0 radical (unpaired) electrons. The van der Waals surface area contributed by atoms with Crippen molar-refractivity contribution in [2.24, 2.45) is 5.92 Å². The lowest BCUT2D eigenvalue weighted by molar-refractivity contribution is -0.220. The Morgan fingerprint density at radius 2 is 2.16 bits per heavy atom. The maximum atomic E-state index is 12.3. The second-order valence-corrected chi connectivity index (χ2v) is 8.48. The van der Waals surface area contributed by atoms with Crippen molar-refractivity contribution in [2.75, 3.05) is 5.73 Å². The molecule has 1 aliphatic carbocycles. The molecule has 2 aliphatic rings. The maximum absolute atomic E-state index is 12.3. The molecule has 1 aliphatic heterocycles. The predicted octanol–water partition coefficient (Wildman–Crippen LogP) is 2.76. The molecular formula is C19H28N2O4. The Morgan fingerprint density at radius 1 is 1.48 bits per heavy atom. The van der Waals surface area contributed by atoms with Gasteiger partial charge in [0.1, 0.15) is 5.60 Å². The van der Waals surface area contributed by atoms with E-state index in [0.717, 1.165) is 18.4 Å². The lowest BCUT2D eigenvalue weighted by Gasteiger charge is -2.47. The number of hydrogen-bond acceptors (Lipinski definition) is 6. The molecule has 3 rings (SSSR count). The van der Waals surface area contributed by atoms with E-state index in [1.807, 2.05) is 26.8 Å². The average Bonchev–Trinajstić information content (AvgIpc) is 3.24. The highest BCUT2D eigenvalue weighted by Crippen LogP contribution is 2.59. The molecule has 0 unspecified atom stereocenters. The van der Waals surface area contributed by atoms with Crippen molar-refractivity contribution in [1.82, 2.24) is 4.98 Å². The highest BCUT2D eigenvalue weighted by atomic mass is 16.6. The minimum atomic E-state index is -1.07. The predicted molar refractivity (Wildman–Crippen MR) is 93.6 cm³/mol. The number of hydrogen-bond donors (Lipinski definition) is 2. The quantitative estimate of drug-likeness (QED) is 0.816.